The number of anilines is 1. The lowest BCUT2D eigenvalue weighted by Gasteiger charge is -2.22. The zero-order chi connectivity index (χ0) is 23.2. The van der Waals surface area contributed by atoms with Crippen LogP contribution in [0.4, 0.5) is 5.69 Å². The monoisotopic (exact) mass is 467 g/mol. The second-order valence-corrected chi connectivity index (χ2v) is 8.45. The number of ether oxygens (including phenoxy) is 1. The lowest BCUT2D eigenvalue weighted by atomic mass is 10.1. The number of methoxy groups -OCH3 is 1. The van der Waals surface area contributed by atoms with Gasteiger partial charge in [-0.05, 0) is 49.1 Å². The third kappa shape index (κ3) is 5.52. The summed E-state index contributed by atoms with van der Waals surface area (Å²) in [6.45, 7) is 1.13. The van der Waals surface area contributed by atoms with E-state index < -0.39 is 5.97 Å². The molecule has 0 saturated carbocycles. The van der Waals surface area contributed by atoms with E-state index in [0.717, 1.165) is 16.3 Å². The molecule has 0 radical (unpaired) electrons. The van der Waals surface area contributed by atoms with Gasteiger partial charge < -0.3 is 14.5 Å². The van der Waals surface area contributed by atoms with E-state index in [1.807, 2.05) is 54.8 Å². The molecule has 1 saturated heterocycles. The van der Waals surface area contributed by atoms with Crippen molar-refractivity contribution in [1.82, 2.24) is 19.9 Å². The van der Waals surface area contributed by atoms with Crippen LogP contribution in [0.5, 0.6) is 0 Å². The molecular formula is C23H25N5O4S. The van der Waals surface area contributed by atoms with Gasteiger partial charge in [0.1, 0.15) is 5.76 Å². The van der Waals surface area contributed by atoms with Gasteiger partial charge in [-0.2, -0.15) is 0 Å². The summed E-state index contributed by atoms with van der Waals surface area (Å²) < 4.78 is 11.7. The topological polar surface area (TPSA) is 102 Å². The molecule has 0 bridgehead atoms. The Morgan fingerprint density at radius 3 is 2.97 bits per heavy atom. The number of carbonyl (C=O) groups is 2. The van der Waals surface area contributed by atoms with Crippen LogP contribution in [0.1, 0.15) is 28.7 Å². The molecule has 172 valence electrons. The van der Waals surface area contributed by atoms with Gasteiger partial charge in [0.05, 0.1) is 31.7 Å². The summed E-state index contributed by atoms with van der Waals surface area (Å²) in [6, 6.07) is 11.0. The number of benzene rings is 1. The molecule has 3 aromatic rings. The van der Waals surface area contributed by atoms with E-state index in [4.69, 9.17) is 9.15 Å². The minimum Gasteiger partial charge on any atom is -0.465 e. The van der Waals surface area contributed by atoms with E-state index in [2.05, 4.69) is 20.5 Å². The third-order valence-corrected chi connectivity index (χ3v) is 6.19. The Morgan fingerprint density at radius 1 is 1.33 bits per heavy atom. The maximum atomic E-state index is 13.2. The predicted molar refractivity (Wildman–Crippen MR) is 125 cm³/mol. The number of rotatable bonds is 8. The van der Waals surface area contributed by atoms with Crippen molar-refractivity contribution in [3.8, 4) is 0 Å². The van der Waals surface area contributed by atoms with Crippen LogP contribution in [0, 0.1) is 0 Å². The Morgan fingerprint density at radius 2 is 2.21 bits per heavy atom. The number of carbonyl (C=O) groups excluding carboxylic acids is 2. The van der Waals surface area contributed by atoms with E-state index in [1.165, 1.54) is 7.11 Å². The highest BCUT2D eigenvalue weighted by Gasteiger charge is 2.38. The Hall–Kier alpha value is -3.37. The van der Waals surface area contributed by atoms with Crippen molar-refractivity contribution >= 4 is 35.4 Å². The Bertz CT molecular complexity index is 1130. The van der Waals surface area contributed by atoms with Gasteiger partial charge >= 0.3 is 5.97 Å². The van der Waals surface area contributed by atoms with Crippen LogP contribution in [0.3, 0.4) is 0 Å². The zero-order valence-electron chi connectivity index (χ0n) is 18.4. The summed E-state index contributed by atoms with van der Waals surface area (Å²) in [7, 11) is 1.30. The number of esters is 1. The minimum atomic E-state index is -0.541. The highest BCUT2D eigenvalue weighted by molar-refractivity contribution is 7.98. The first-order valence-electron chi connectivity index (χ1n) is 10.5. The van der Waals surface area contributed by atoms with Gasteiger partial charge in [0.25, 0.3) is 0 Å². The molecule has 0 spiro atoms. The summed E-state index contributed by atoms with van der Waals surface area (Å²) in [5.41, 5.74) is 0.902. The van der Waals surface area contributed by atoms with Crippen molar-refractivity contribution in [3.05, 3.63) is 66.4 Å². The number of nitrogens with one attached hydrogen (secondary N) is 1. The average Bonchev–Trinajstić information content (AvgIpc) is 3.59. The highest BCUT2D eigenvalue weighted by atomic mass is 32.2. The molecule has 3 heterocycles. The molecular weight excluding hydrogens is 442 g/mol. The first-order valence-corrected chi connectivity index (χ1v) is 11.7. The molecule has 9 nitrogen and oxygen atoms in total. The lowest BCUT2D eigenvalue weighted by Crippen LogP contribution is -2.39. The maximum Gasteiger partial charge on any atom is 0.360 e. The fraction of sp³-hybridized carbons (Fsp3) is 0.304. The molecule has 2 atom stereocenters. The SMILES string of the molecule is COC(=O)c1cn([C@H]2C[C@@H](C(=O)Nc3cccc(SC)c3)N(CC=Cc3ccco3)C2)nn1. The molecule has 2 aromatic heterocycles. The van der Waals surface area contributed by atoms with E-state index in [-0.39, 0.29) is 23.7 Å². The predicted octanol–water partition coefficient (Wildman–Crippen LogP) is 3.35. The first kappa shape index (κ1) is 22.8. The lowest BCUT2D eigenvalue weighted by molar-refractivity contribution is -0.120. The van der Waals surface area contributed by atoms with Crippen LogP contribution in [-0.4, -0.2) is 64.3 Å². The number of amides is 1. The molecule has 0 unspecified atom stereocenters. The van der Waals surface area contributed by atoms with Gasteiger partial charge in [-0.3, -0.25) is 9.69 Å². The van der Waals surface area contributed by atoms with Gasteiger partial charge in [-0.1, -0.05) is 17.4 Å². The van der Waals surface area contributed by atoms with Crippen molar-refractivity contribution in [2.24, 2.45) is 0 Å². The van der Waals surface area contributed by atoms with Crippen molar-refractivity contribution in [2.45, 2.75) is 23.4 Å². The van der Waals surface area contributed by atoms with Crippen LogP contribution in [0.15, 0.2) is 64.2 Å². The van der Waals surface area contributed by atoms with E-state index in [0.29, 0.717) is 19.5 Å². The average molecular weight is 468 g/mol. The van der Waals surface area contributed by atoms with E-state index in [1.54, 1.807) is 28.9 Å². The smallest absolute Gasteiger partial charge is 0.360 e. The Labute approximate surface area is 195 Å². The minimum absolute atomic E-state index is 0.0875. The molecule has 1 aromatic carbocycles. The largest absolute Gasteiger partial charge is 0.465 e. The third-order valence-electron chi connectivity index (χ3n) is 5.47. The van der Waals surface area contributed by atoms with Crippen molar-refractivity contribution in [3.63, 3.8) is 0 Å². The summed E-state index contributed by atoms with van der Waals surface area (Å²) in [5.74, 6) is 0.121. The standard InChI is InChI=1S/C23H25N5O4S/c1-31-23(30)20-15-28(26-25-20)17-13-21(22(29)24-16-6-3-9-19(12-16)33-2)27(14-17)10-4-7-18-8-5-11-32-18/h3-9,11-12,15,17,21H,10,13-14H2,1-2H3,(H,24,29)/t17-,21-/m0/s1. The summed E-state index contributed by atoms with van der Waals surface area (Å²) in [5, 5.41) is 11.0. The van der Waals surface area contributed by atoms with Gasteiger partial charge in [-0.25, -0.2) is 9.48 Å². The highest BCUT2D eigenvalue weighted by Crippen LogP contribution is 2.28. The number of furan rings is 1. The fourth-order valence-corrected chi connectivity index (χ4v) is 4.28. The van der Waals surface area contributed by atoms with Crippen LogP contribution < -0.4 is 5.32 Å². The van der Waals surface area contributed by atoms with Crippen LogP contribution in [0.2, 0.25) is 0 Å². The molecule has 1 fully saturated rings. The van der Waals surface area contributed by atoms with Crippen molar-refractivity contribution < 1.29 is 18.7 Å². The van der Waals surface area contributed by atoms with Gasteiger partial charge in [0.2, 0.25) is 5.91 Å². The van der Waals surface area contributed by atoms with Gasteiger partial charge in [0, 0.05) is 23.7 Å². The molecule has 0 aliphatic carbocycles. The Kier molecular flexibility index (Phi) is 7.26. The number of hydrogen-bond acceptors (Lipinski definition) is 8. The van der Waals surface area contributed by atoms with Crippen LogP contribution in [0.25, 0.3) is 6.08 Å². The summed E-state index contributed by atoms with van der Waals surface area (Å²) in [6.07, 6.45) is 9.57. The zero-order valence-corrected chi connectivity index (χ0v) is 19.2. The van der Waals surface area contributed by atoms with Crippen molar-refractivity contribution in [2.75, 3.05) is 31.8 Å². The van der Waals surface area contributed by atoms with Crippen molar-refractivity contribution in [1.29, 1.82) is 0 Å². The second-order valence-electron chi connectivity index (χ2n) is 7.57. The normalized spacial score (nSPS) is 18.6. The molecule has 1 aliphatic heterocycles. The van der Waals surface area contributed by atoms with E-state index >= 15 is 0 Å². The number of aromatic nitrogens is 3. The maximum absolute atomic E-state index is 13.2. The number of hydrogen-bond donors (Lipinski definition) is 1. The molecule has 33 heavy (non-hydrogen) atoms. The molecule has 4 rings (SSSR count). The summed E-state index contributed by atoms with van der Waals surface area (Å²) >= 11 is 1.62. The molecule has 1 N–H and O–H groups in total. The fourth-order valence-electron chi connectivity index (χ4n) is 3.82. The van der Waals surface area contributed by atoms with Gasteiger partial charge in [-0.15, -0.1) is 16.9 Å². The number of likely N-dealkylation sites (tertiary alicyclic amines) is 1. The second kappa shape index (κ2) is 10.5. The van der Waals surface area contributed by atoms with Crippen LogP contribution >= 0.6 is 11.8 Å². The molecule has 1 aliphatic rings. The quantitative estimate of drug-likeness (QED) is 0.398. The number of thioether (sulfide) groups is 1. The number of nitrogens with zero attached hydrogens (tertiary/aromatic N) is 4. The molecule has 1 amide bonds. The van der Waals surface area contributed by atoms with Gasteiger partial charge in [0.15, 0.2) is 5.69 Å². The Balaban J connectivity index is 1.50. The van der Waals surface area contributed by atoms with Crippen LogP contribution in [-0.2, 0) is 9.53 Å². The first-order chi connectivity index (χ1) is 16.1. The van der Waals surface area contributed by atoms with E-state index in [9.17, 15) is 9.59 Å². The molecule has 10 heteroatoms. The summed E-state index contributed by atoms with van der Waals surface area (Å²) in [4.78, 5) is 28.1.